The highest BCUT2D eigenvalue weighted by molar-refractivity contribution is 7.20. The van der Waals surface area contributed by atoms with Crippen molar-refractivity contribution in [3.63, 3.8) is 0 Å². The number of nitrogens with one attached hydrogen (secondary N) is 1. The van der Waals surface area contributed by atoms with E-state index in [1.165, 1.54) is 0 Å². The molecule has 9 heteroatoms. The summed E-state index contributed by atoms with van der Waals surface area (Å²) in [5.41, 5.74) is 1.05. The van der Waals surface area contributed by atoms with Gasteiger partial charge in [-0.15, -0.1) is 11.3 Å². The topological polar surface area (TPSA) is 90.5 Å². The van der Waals surface area contributed by atoms with E-state index in [9.17, 15) is 9.59 Å². The van der Waals surface area contributed by atoms with Crippen LogP contribution in [0.1, 0.15) is 40.0 Å². The Bertz CT molecular complexity index is 1210. The molecule has 0 amide bonds. The van der Waals surface area contributed by atoms with Gasteiger partial charge in [-0.2, -0.15) is 0 Å². The summed E-state index contributed by atoms with van der Waals surface area (Å²) >= 11 is 7.47. The molecule has 0 saturated heterocycles. The lowest BCUT2D eigenvalue weighted by atomic mass is 10.2. The number of aromatic amines is 1. The van der Waals surface area contributed by atoms with Crippen molar-refractivity contribution >= 4 is 51.3 Å². The number of H-pyrrole nitrogens is 1. The molecule has 156 valence electrons. The van der Waals surface area contributed by atoms with E-state index in [1.807, 2.05) is 6.07 Å². The average Bonchev–Trinajstić information content (AvgIpc) is 2.88. The minimum absolute atomic E-state index is 0.266. The smallest absolute Gasteiger partial charge is 0.348 e. The molecule has 3 aromatic rings. The monoisotopic (exact) mass is 446 g/mol. The first kappa shape index (κ1) is 20.4. The van der Waals surface area contributed by atoms with Crippen LogP contribution in [-0.2, 0) is 4.74 Å². The number of aryl methyl sites for hydroxylation is 1. The molecule has 7 nitrogen and oxygen atoms in total. The van der Waals surface area contributed by atoms with Gasteiger partial charge >= 0.3 is 5.97 Å². The Labute approximate surface area is 181 Å². The molecule has 0 aliphatic carbocycles. The van der Waals surface area contributed by atoms with Crippen molar-refractivity contribution < 1.29 is 19.0 Å². The van der Waals surface area contributed by atoms with Crippen LogP contribution in [0.2, 0.25) is 5.02 Å². The van der Waals surface area contributed by atoms with Crippen LogP contribution < -0.4 is 15.0 Å². The van der Waals surface area contributed by atoms with Crippen LogP contribution in [0.25, 0.3) is 22.4 Å². The number of nitrogens with zero attached hydrogens (tertiary/aromatic N) is 1. The first-order valence-electron chi connectivity index (χ1n) is 9.45. The molecule has 2 aromatic heterocycles. The summed E-state index contributed by atoms with van der Waals surface area (Å²) in [5, 5.41) is 0.859. The van der Waals surface area contributed by atoms with Crippen molar-refractivity contribution in [2.45, 2.75) is 20.3 Å². The van der Waals surface area contributed by atoms with Crippen molar-refractivity contribution in [1.82, 2.24) is 9.97 Å². The largest absolute Gasteiger partial charge is 0.489 e. The molecule has 0 atom stereocenters. The molecule has 1 aliphatic rings. The lowest BCUT2D eigenvalue weighted by molar-refractivity contribution is 0.0531. The Morgan fingerprint density at radius 2 is 2.13 bits per heavy atom. The molecule has 1 aliphatic heterocycles. The Hall–Kier alpha value is -2.84. The first-order chi connectivity index (χ1) is 14.5. The summed E-state index contributed by atoms with van der Waals surface area (Å²) in [5.74, 6) is 1.05. The quantitative estimate of drug-likeness (QED) is 0.595. The van der Waals surface area contributed by atoms with Crippen molar-refractivity contribution in [2.24, 2.45) is 0 Å². The molecular formula is C21H19ClN2O5S. The molecule has 30 heavy (non-hydrogen) atoms. The number of esters is 1. The van der Waals surface area contributed by atoms with Gasteiger partial charge < -0.3 is 19.2 Å². The van der Waals surface area contributed by atoms with E-state index >= 15 is 0 Å². The van der Waals surface area contributed by atoms with Gasteiger partial charge in [0.05, 0.1) is 30.2 Å². The fourth-order valence-corrected chi connectivity index (χ4v) is 4.51. The number of fused-ring (bicyclic) bond motifs is 2. The first-order valence-corrected chi connectivity index (χ1v) is 10.6. The van der Waals surface area contributed by atoms with Gasteiger partial charge in [-0.05, 0) is 43.2 Å². The number of ether oxygens (including phenoxy) is 3. The maximum Gasteiger partial charge on any atom is 0.348 e. The molecule has 0 fully saturated rings. The number of benzene rings is 1. The fourth-order valence-electron chi connectivity index (χ4n) is 3.15. The maximum absolute atomic E-state index is 12.6. The highest BCUT2D eigenvalue weighted by atomic mass is 35.5. The van der Waals surface area contributed by atoms with Crippen LogP contribution >= 0.6 is 22.9 Å². The van der Waals surface area contributed by atoms with E-state index < -0.39 is 5.97 Å². The standard InChI is InChI=1S/C21H19ClN2O5S/c1-3-27-21(26)18-11(2)16-19(25)23-15(24-20(16)30-18)6-5-12-9-13(22)17-14(10-12)28-7-4-8-29-17/h5-6,9-10H,3-4,7-8H2,1-2H3,(H,23,24,25)/b6-5+. The van der Waals surface area contributed by atoms with Crippen LogP contribution in [-0.4, -0.2) is 35.8 Å². The summed E-state index contributed by atoms with van der Waals surface area (Å²) in [6.07, 6.45) is 4.24. The van der Waals surface area contributed by atoms with Crippen LogP contribution in [0.4, 0.5) is 0 Å². The molecule has 1 N–H and O–H groups in total. The molecule has 3 heterocycles. The molecule has 0 saturated carbocycles. The summed E-state index contributed by atoms with van der Waals surface area (Å²) in [6.45, 7) is 4.84. The van der Waals surface area contributed by atoms with E-state index in [0.29, 0.717) is 56.2 Å². The second-order valence-corrected chi connectivity index (χ2v) is 8.03. The minimum atomic E-state index is -0.448. The summed E-state index contributed by atoms with van der Waals surface area (Å²) in [4.78, 5) is 32.8. The van der Waals surface area contributed by atoms with Gasteiger partial charge in [0.15, 0.2) is 11.5 Å². The minimum Gasteiger partial charge on any atom is -0.489 e. The molecule has 0 bridgehead atoms. The predicted octanol–water partition coefficient (Wildman–Crippen LogP) is 4.45. The number of thiophene rings is 1. The van der Waals surface area contributed by atoms with E-state index in [-0.39, 0.29) is 12.2 Å². The molecule has 1 aromatic carbocycles. The van der Waals surface area contributed by atoms with Crippen LogP contribution in [0.5, 0.6) is 11.5 Å². The maximum atomic E-state index is 12.6. The average molecular weight is 447 g/mol. The number of carbonyl (C=O) groups excluding carboxylic acids is 1. The van der Waals surface area contributed by atoms with Crippen molar-refractivity contribution in [2.75, 3.05) is 19.8 Å². The van der Waals surface area contributed by atoms with Gasteiger partial charge in [-0.3, -0.25) is 4.79 Å². The van der Waals surface area contributed by atoms with E-state index in [4.69, 9.17) is 25.8 Å². The Balaban J connectivity index is 1.68. The lowest BCUT2D eigenvalue weighted by Gasteiger charge is -2.09. The Kier molecular flexibility index (Phi) is 5.78. The summed E-state index contributed by atoms with van der Waals surface area (Å²) in [6, 6.07) is 3.59. The van der Waals surface area contributed by atoms with Crippen LogP contribution in [0.3, 0.4) is 0 Å². The van der Waals surface area contributed by atoms with Gasteiger partial charge in [-0.1, -0.05) is 17.7 Å². The van der Waals surface area contributed by atoms with Gasteiger partial charge in [0, 0.05) is 6.42 Å². The molecule has 0 unspecified atom stereocenters. The molecular weight excluding hydrogens is 428 g/mol. The SMILES string of the molecule is CCOC(=O)c1sc2nc(/C=C/c3cc(Cl)c4c(c3)OCCCO4)[nH]c(=O)c2c1C. The second kappa shape index (κ2) is 8.49. The third-order valence-corrected chi connectivity index (χ3v) is 5.98. The number of hydrogen-bond donors (Lipinski definition) is 1. The third-order valence-electron chi connectivity index (χ3n) is 4.54. The van der Waals surface area contributed by atoms with Crippen molar-refractivity contribution in [1.29, 1.82) is 0 Å². The van der Waals surface area contributed by atoms with Crippen LogP contribution in [0.15, 0.2) is 16.9 Å². The molecule has 0 spiro atoms. The van der Waals surface area contributed by atoms with E-state index in [0.717, 1.165) is 23.3 Å². The highest BCUT2D eigenvalue weighted by Gasteiger charge is 2.20. The lowest BCUT2D eigenvalue weighted by Crippen LogP contribution is -2.10. The second-order valence-electron chi connectivity index (χ2n) is 6.62. The predicted molar refractivity (Wildman–Crippen MR) is 117 cm³/mol. The fraction of sp³-hybridized carbons (Fsp3) is 0.286. The Morgan fingerprint density at radius 3 is 2.93 bits per heavy atom. The third kappa shape index (κ3) is 3.93. The van der Waals surface area contributed by atoms with Gasteiger partial charge in [-0.25, -0.2) is 9.78 Å². The number of hydrogen-bond acceptors (Lipinski definition) is 7. The zero-order valence-electron chi connectivity index (χ0n) is 16.4. The van der Waals surface area contributed by atoms with Gasteiger partial charge in [0.1, 0.15) is 15.5 Å². The van der Waals surface area contributed by atoms with Crippen molar-refractivity contribution in [3.8, 4) is 11.5 Å². The zero-order chi connectivity index (χ0) is 21.3. The molecule has 0 radical (unpaired) electrons. The number of halogens is 1. The summed E-state index contributed by atoms with van der Waals surface area (Å²) in [7, 11) is 0. The number of rotatable bonds is 4. The molecule has 4 rings (SSSR count). The van der Waals surface area contributed by atoms with E-state index in [1.54, 1.807) is 32.1 Å². The van der Waals surface area contributed by atoms with Gasteiger partial charge in [0.2, 0.25) is 0 Å². The van der Waals surface area contributed by atoms with Crippen LogP contribution in [0, 0.1) is 6.92 Å². The Morgan fingerprint density at radius 1 is 1.33 bits per heavy atom. The number of aromatic nitrogens is 2. The number of carbonyl (C=O) groups is 1. The highest BCUT2D eigenvalue weighted by Crippen LogP contribution is 2.38. The van der Waals surface area contributed by atoms with Gasteiger partial charge in [0.25, 0.3) is 5.56 Å². The van der Waals surface area contributed by atoms with E-state index in [2.05, 4.69) is 9.97 Å². The summed E-state index contributed by atoms with van der Waals surface area (Å²) < 4.78 is 16.4. The zero-order valence-corrected chi connectivity index (χ0v) is 18.0. The van der Waals surface area contributed by atoms with Crippen molar-refractivity contribution in [3.05, 3.63) is 49.3 Å². The normalized spacial score (nSPS) is 13.6.